The first-order valence-electron chi connectivity index (χ1n) is 9.81. The van der Waals surface area contributed by atoms with Crippen LogP contribution in [0.15, 0.2) is 78.9 Å². The van der Waals surface area contributed by atoms with Crippen LogP contribution in [-0.4, -0.2) is 21.7 Å². The molecule has 5 rings (SSSR count). The van der Waals surface area contributed by atoms with Crippen molar-refractivity contribution in [3.05, 3.63) is 95.0 Å². The maximum absolute atomic E-state index is 14.9. The molecule has 4 nitrogen and oxygen atoms in total. The molecule has 0 N–H and O–H groups in total. The summed E-state index contributed by atoms with van der Waals surface area (Å²) >= 11 is 13.4. The highest BCUT2D eigenvalue weighted by molar-refractivity contribution is 6.38. The third-order valence-corrected chi connectivity index (χ3v) is 5.86. The lowest BCUT2D eigenvalue weighted by Gasteiger charge is -2.10. The van der Waals surface area contributed by atoms with Crippen molar-refractivity contribution in [3.63, 3.8) is 0 Å². The van der Waals surface area contributed by atoms with Gasteiger partial charge in [0.05, 0.1) is 18.2 Å². The monoisotopic (exact) mass is 463 g/mol. The molecule has 0 aliphatic rings. The molecule has 0 spiro atoms. The summed E-state index contributed by atoms with van der Waals surface area (Å²) in [6.45, 7) is 0. The van der Waals surface area contributed by atoms with Gasteiger partial charge in [0.15, 0.2) is 5.65 Å². The van der Waals surface area contributed by atoms with Crippen LogP contribution in [0.4, 0.5) is 4.39 Å². The number of ether oxygens (including phenoxy) is 1. The Morgan fingerprint density at radius 3 is 2.19 bits per heavy atom. The number of hydrogen-bond donors (Lipinski definition) is 0. The summed E-state index contributed by atoms with van der Waals surface area (Å²) in [7, 11) is 1.60. The number of hydrogen-bond acceptors (Lipinski definition) is 3. The van der Waals surface area contributed by atoms with Gasteiger partial charge in [-0.2, -0.15) is 5.10 Å². The van der Waals surface area contributed by atoms with Gasteiger partial charge >= 0.3 is 0 Å². The van der Waals surface area contributed by atoms with Crippen LogP contribution in [-0.2, 0) is 0 Å². The number of benzene rings is 3. The van der Waals surface area contributed by atoms with Crippen molar-refractivity contribution in [3.8, 4) is 39.3 Å². The van der Waals surface area contributed by atoms with E-state index >= 15 is 0 Å². The van der Waals surface area contributed by atoms with E-state index in [4.69, 9.17) is 33.0 Å². The summed E-state index contributed by atoms with van der Waals surface area (Å²) in [5.41, 5.74) is 3.95. The fourth-order valence-corrected chi connectivity index (χ4v) is 4.34. The van der Waals surface area contributed by atoms with Gasteiger partial charge < -0.3 is 4.74 Å². The summed E-state index contributed by atoms with van der Waals surface area (Å²) in [5, 5.41) is 5.21. The molecule has 0 bridgehead atoms. The van der Waals surface area contributed by atoms with Crippen LogP contribution < -0.4 is 4.74 Å². The highest BCUT2D eigenvalue weighted by Gasteiger charge is 2.24. The van der Waals surface area contributed by atoms with Crippen molar-refractivity contribution < 1.29 is 9.13 Å². The summed E-state index contributed by atoms with van der Waals surface area (Å²) in [4.78, 5) is 4.60. The van der Waals surface area contributed by atoms with Crippen LogP contribution in [0, 0.1) is 5.82 Å². The van der Waals surface area contributed by atoms with E-state index in [1.807, 2.05) is 54.6 Å². The fourth-order valence-electron chi connectivity index (χ4n) is 3.70. The van der Waals surface area contributed by atoms with Crippen LogP contribution in [0.2, 0.25) is 10.3 Å². The largest absolute Gasteiger partial charge is 0.497 e. The molecule has 0 radical (unpaired) electrons. The second kappa shape index (κ2) is 8.26. The van der Waals surface area contributed by atoms with E-state index < -0.39 is 0 Å². The van der Waals surface area contributed by atoms with Gasteiger partial charge in [-0.05, 0) is 23.8 Å². The number of fused-ring (bicyclic) bond motifs is 1. The lowest BCUT2D eigenvalue weighted by molar-refractivity contribution is 0.415. The van der Waals surface area contributed by atoms with Crippen molar-refractivity contribution in [1.82, 2.24) is 14.6 Å². The van der Waals surface area contributed by atoms with Gasteiger partial charge in [-0.1, -0.05) is 83.9 Å². The lowest BCUT2D eigenvalue weighted by Crippen LogP contribution is -1.98. The van der Waals surface area contributed by atoms with E-state index in [0.717, 1.165) is 11.1 Å². The minimum atomic E-state index is -0.382. The van der Waals surface area contributed by atoms with Crippen LogP contribution in [0.5, 0.6) is 5.75 Å². The molecule has 0 saturated heterocycles. The molecule has 0 aliphatic carbocycles. The fraction of sp³-hybridized carbons (Fsp3) is 0.0400. The Bertz CT molecular complexity index is 1430. The zero-order valence-electron chi connectivity index (χ0n) is 16.9. The molecule has 0 fully saturated rings. The Kier molecular flexibility index (Phi) is 5.29. The van der Waals surface area contributed by atoms with Crippen molar-refractivity contribution in [2.24, 2.45) is 0 Å². The molecule has 2 aromatic heterocycles. The van der Waals surface area contributed by atoms with Gasteiger partial charge in [-0.25, -0.2) is 13.9 Å². The normalized spacial score (nSPS) is 11.1. The number of aromatic nitrogens is 3. The van der Waals surface area contributed by atoms with E-state index in [1.165, 1.54) is 10.6 Å². The quantitative estimate of drug-likeness (QED) is 0.265. The highest BCUT2D eigenvalue weighted by atomic mass is 35.5. The average molecular weight is 464 g/mol. The Hall–Kier alpha value is -3.41. The van der Waals surface area contributed by atoms with Crippen molar-refractivity contribution >= 4 is 28.8 Å². The molecule has 0 aliphatic heterocycles. The second-order valence-electron chi connectivity index (χ2n) is 7.10. The molecule has 3 aromatic carbocycles. The van der Waals surface area contributed by atoms with Crippen LogP contribution in [0.3, 0.4) is 0 Å². The van der Waals surface area contributed by atoms with E-state index in [-0.39, 0.29) is 16.1 Å². The molecule has 0 saturated carbocycles. The topological polar surface area (TPSA) is 39.4 Å². The van der Waals surface area contributed by atoms with Crippen LogP contribution in [0.1, 0.15) is 0 Å². The van der Waals surface area contributed by atoms with Crippen LogP contribution in [0.25, 0.3) is 39.2 Å². The van der Waals surface area contributed by atoms with E-state index in [0.29, 0.717) is 33.8 Å². The molecule has 0 amide bonds. The Balaban J connectivity index is 1.83. The first-order valence-corrected chi connectivity index (χ1v) is 10.6. The van der Waals surface area contributed by atoms with Gasteiger partial charge in [0.25, 0.3) is 0 Å². The minimum absolute atomic E-state index is 0.199. The zero-order chi connectivity index (χ0) is 22.2. The molecular formula is C25H16Cl2FN3O. The number of methoxy groups -OCH3 is 1. The molecule has 7 heteroatoms. The third kappa shape index (κ3) is 3.40. The Morgan fingerprint density at radius 2 is 1.50 bits per heavy atom. The van der Waals surface area contributed by atoms with E-state index in [1.54, 1.807) is 25.3 Å². The summed E-state index contributed by atoms with van der Waals surface area (Å²) < 4.78 is 21.6. The molecule has 0 atom stereocenters. The summed E-state index contributed by atoms with van der Waals surface area (Å²) in [6.07, 6.45) is 0. The lowest BCUT2D eigenvalue weighted by atomic mass is 10.0. The van der Waals surface area contributed by atoms with Gasteiger partial charge in [0.1, 0.15) is 27.6 Å². The summed E-state index contributed by atoms with van der Waals surface area (Å²) in [5.74, 6) is 0.329. The Labute approximate surface area is 193 Å². The molecule has 32 heavy (non-hydrogen) atoms. The van der Waals surface area contributed by atoms with Gasteiger partial charge in [-0.3, -0.25) is 0 Å². The molecule has 158 valence electrons. The first kappa shape index (κ1) is 20.5. The molecule has 5 aromatic rings. The number of halogens is 3. The SMILES string of the molecule is COc1ccc(-c2c(Cl)nc3c(-c4ccccc4F)c(-c4ccccc4)nn3c2Cl)cc1. The van der Waals surface area contributed by atoms with Crippen molar-refractivity contribution in [2.75, 3.05) is 7.11 Å². The molecule has 0 unspecified atom stereocenters. The molecule has 2 heterocycles. The van der Waals surface area contributed by atoms with Gasteiger partial charge in [-0.15, -0.1) is 0 Å². The van der Waals surface area contributed by atoms with E-state index in [2.05, 4.69) is 4.98 Å². The van der Waals surface area contributed by atoms with Gasteiger partial charge in [0.2, 0.25) is 0 Å². The highest BCUT2D eigenvalue weighted by Crippen LogP contribution is 2.41. The maximum Gasteiger partial charge on any atom is 0.167 e. The second-order valence-corrected chi connectivity index (χ2v) is 7.82. The predicted octanol–water partition coefficient (Wildman–Crippen LogP) is 7.18. The van der Waals surface area contributed by atoms with Crippen LogP contribution >= 0.6 is 23.2 Å². The standard InChI is InChI=1S/C25H16Cl2FN3O/c1-32-17-13-11-15(12-14-17)20-23(26)29-25-21(18-9-5-6-10-19(18)28)22(30-31(25)24(20)27)16-7-3-2-4-8-16/h2-14H,1H3. The van der Waals surface area contributed by atoms with Gasteiger partial charge in [0, 0.05) is 11.1 Å². The first-order chi connectivity index (χ1) is 15.6. The summed E-state index contributed by atoms with van der Waals surface area (Å²) in [6, 6.07) is 23.4. The minimum Gasteiger partial charge on any atom is -0.497 e. The zero-order valence-corrected chi connectivity index (χ0v) is 18.4. The molecular weight excluding hydrogens is 448 g/mol. The van der Waals surface area contributed by atoms with E-state index in [9.17, 15) is 4.39 Å². The predicted molar refractivity (Wildman–Crippen MR) is 126 cm³/mol. The third-order valence-electron chi connectivity index (χ3n) is 5.23. The number of nitrogens with zero attached hydrogens (tertiary/aromatic N) is 3. The smallest absolute Gasteiger partial charge is 0.167 e. The number of rotatable bonds is 4. The Morgan fingerprint density at radius 1 is 0.812 bits per heavy atom. The maximum atomic E-state index is 14.9. The van der Waals surface area contributed by atoms with Crippen molar-refractivity contribution in [1.29, 1.82) is 0 Å². The van der Waals surface area contributed by atoms with Crippen molar-refractivity contribution in [2.45, 2.75) is 0 Å². The average Bonchev–Trinajstić information content (AvgIpc) is 3.20.